The highest BCUT2D eigenvalue weighted by Gasteiger charge is 2.75. The van der Waals surface area contributed by atoms with Gasteiger partial charge in [-0.25, -0.2) is 0 Å². The van der Waals surface area contributed by atoms with E-state index in [0.29, 0.717) is 51.4 Å². The van der Waals surface area contributed by atoms with Gasteiger partial charge >= 0.3 is 0 Å². The SMILES string of the molecule is CCC(=O)[C@@H]1C[C@@H](C)[C@]2(CC(=O)[C@@]3(C)C4=C(CC[C@@]32C)[C@@]2(C)CC[C@H](O[C@@H]3O[C@H](CO[C@@H]5OC[C@H](O)[C@H](O)[C@H]5O[C@@H]5O[C@H](CO)[C@@H](O)[C@H](O)[C@H]5O[C@@H]5OC[C@](O)(CO)[C@H]5O)[C@@H](O)[C@H](O)[C@H]3O)[C@](C)(CO)[C@@H]2CC4)O1. The Kier molecular flexibility index (Phi) is 15.9. The van der Waals surface area contributed by atoms with E-state index in [2.05, 4.69) is 27.7 Å². The Morgan fingerprint density at radius 2 is 1.41 bits per heavy atom. The van der Waals surface area contributed by atoms with Gasteiger partial charge < -0.3 is 104 Å². The zero-order valence-electron chi connectivity index (χ0n) is 43.0. The monoisotopic (exact) mass is 1060 g/mol. The van der Waals surface area contributed by atoms with Gasteiger partial charge in [0.2, 0.25) is 0 Å². The molecule has 5 aliphatic heterocycles. The van der Waals surface area contributed by atoms with Gasteiger partial charge in [-0.1, -0.05) is 45.8 Å². The van der Waals surface area contributed by atoms with Crippen molar-refractivity contribution in [3.8, 4) is 0 Å². The molecule has 26 atom stereocenters. The Morgan fingerprint density at radius 1 is 0.730 bits per heavy atom. The molecule has 0 aromatic heterocycles. The van der Waals surface area contributed by atoms with E-state index >= 15 is 0 Å². The molecule has 422 valence electrons. The first kappa shape index (κ1) is 56.9. The minimum absolute atomic E-state index is 0.00781. The molecule has 9 rings (SSSR count). The molecular formula is C51H80O23. The van der Waals surface area contributed by atoms with Crippen molar-refractivity contribution in [2.24, 2.45) is 33.5 Å². The molecule has 5 saturated heterocycles. The predicted octanol–water partition coefficient (Wildman–Crippen LogP) is -2.65. The van der Waals surface area contributed by atoms with E-state index in [1.807, 2.05) is 13.8 Å². The number of rotatable bonds is 14. The van der Waals surface area contributed by atoms with Crippen LogP contribution in [0.2, 0.25) is 0 Å². The van der Waals surface area contributed by atoms with Crippen LogP contribution >= 0.6 is 0 Å². The smallest absolute Gasteiger partial charge is 0.187 e. The Bertz CT molecular complexity index is 2100. The van der Waals surface area contributed by atoms with Crippen molar-refractivity contribution in [1.29, 1.82) is 0 Å². The summed E-state index contributed by atoms with van der Waals surface area (Å²) < 4.78 is 54.0. The number of hydrogen-bond acceptors (Lipinski definition) is 23. The van der Waals surface area contributed by atoms with Crippen LogP contribution in [0.4, 0.5) is 0 Å². The average molecular weight is 1060 g/mol. The van der Waals surface area contributed by atoms with Crippen LogP contribution in [0.15, 0.2) is 11.1 Å². The number of aliphatic hydroxyl groups is 12. The summed E-state index contributed by atoms with van der Waals surface area (Å²) in [5, 5.41) is 130. The standard InChI is InChI=1S/C51H80O23/c1-7-25(55)27-14-22(2)51(74-27)15-31(57)49(6)24-8-9-30-46(3,23(24)10-13-48(49,51)5)12-11-32(47(30,4)19-53)71-42-38(63)36(61)35(60)29(70-42)18-67-43-39(33(58)26(56)17-66-43)72-44-40(37(62)34(59)28(16-52)69-44)73-45-41(64)50(65,20-54)21-68-45/h22,26-30,32-45,52-54,56,58-65H,7-21H2,1-6H3/t22-,26+,27+,28-,29-,30-,32+,33+,34-,35-,36+,37+,38-,39-,40-,41+,42+,43+,44+,45+,46-,47-,48+,49-,50-,51+/m1/s1. The number of allylic oxidation sites excluding steroid dienone is 2. The topological polar surface area (TPSA) is 360 Å². The number of fused-ring (bicyclic) bond motifs is 5. The first-order chi connectivity index (χ1) is 34.8. The minimum atomic E-state index is -2.15. The Labute approximate surface area is 429 Å². The molecule has 7 fully saturated rings. The normalized spacial score (nSPS) is 53.6. The second-order valence-corrected chi connectivity index (χ2v) is 23.7. The Balaban J connectivity index is 0.899. The predicted molar refractivity (Wildman–Crippen MR) is 249 cm³/mol. The van der Waals surface area contributed by atoms with Gasteiger partial charge in [0.25, 0.3) is 0 Å². The maximum absolute atomic E-state index is 14.6. The van der Waals surface area contributed by atoms with Crippen molar-refractivity contribution in [3.05, 3.63) is 11.1 Å². The fourth-order valence-corrected chi connectivity index (χ4v) is 15.1. The molecule has 0 aromatic rings. The lowest BCUT2D eigenvalue weighted by Crippen LogP contribution is -2.65. The van der Waals surface area contributed by atoms with Crippen molar-refractivity contribution in [2.75, 3.05) is 39.6 Å². The van der Waals surface area contributed by atoms with E-state index in [4.69, 9.17) is 42.6 Å². The number of carbonyl (C=O) groups is 2. The molecular weight excluding hydrogens is 981 g/mol. The van der Waals surface area contributed by atoms with Crippen LogP contribution in [0, 0.1) is 33.5 Å². The summed E-state index contributed by atoms with van der Waals surface area (Å²) in [7, 11) is 0. The summed E-state index contributed by atoms with van der Waals surface area (Å²) in [4.78, 5) is 27.6. The fraction of sp³-hybridized carbons (Fsp3) is 0.922. The van der Waals surface area contributed by atoms with Gasteiger partial charge in [-0.15, -0.1) is 0 Å². The van der Waals surface area contributed by atoms with Crippen molar-refractivity contribution in [3.63, 3.8) is 0 Å². The maximum atomic E-state index is 14.6. The summed E-state index contributed by atoms with van der Waals surface area (Å²) in [6.07, 6.45) is -23.9. The van der Waals surface area contributed by atoms with E-state index in [0.717, 1.165) is 5.57 Å². The number of Topliss-reactive ketones (excluding diaryl/α,β-unsaturated/α-hetero) is 2. The van der Waals surface area contributed by atoms with Crippen molar-refractivity contribution in [1.82, 2.24) is 0 Å². The average Bonchev–Trinajstić information content (AvgIpc) is 3.94. The van der Waals surface area contributed by atoms with Gasteiger partial charge in [0.05, 0.1) is 56.8 Å². The molecule has 23 heteroatoms. The maximum Gasteiger partial charge on any atom is 0.187 e. The summed E-state index contributed by atoms with van der Waals surface area (Å²) in [5.74, 6) is 0.0378. The van der Waals surface area contributed by atoms with E-state index in [-0.39, 0.29) is 36.4 Å². The van der Waals surface area contributed by atoms with Crippen molar-refractivity contribution >= 4 is 11.6 Å². The second kappa shape index (κ2) is 20.7. The zero-order chi connectivity index (χ0) is 53.8. The molecule has 9 aliphatic rings. The van der Waals surface area contributed by atoms with Crippen LogP contribution in [0.5, 0.6) is 0 Å². The van der Waals surface area contributed by atoms with Crippen LogP contribution in [0.1, 0.15) is 99.3 Å². The van der Waals surface area contributed by atoms with E-state index in [1.54, 1.807) is 0 Å². The summed E-state index contributed by atoms with van der Waals surface area (Å²) in [5.41, 5.74) is -3.31. The third kappa shape index (κ3) is 8.66. The molecule has 4 aliphatic carbocycles. The largest absolute Gasteiger partial charge is 0.396 e. The summed E-state index contributed by atoms with van der Waals surface area (Å²) in [6, 6.07) is 0. The first-order valence-corrected chi connectivity index (χ1v) is 26.4. The third-order valence-electron chi connectivity index (χ3n) is 20.0. The molecule has 0 unspecified atom stereocenters. The molecule has 0 aromatic carbocycles. The minimum Gasteiger partial charge on any atom is -0.396 e. The van der Waals surface area contributed by atoms with Crippen LogP contribution in [-0.2, 0) is 52.2 Å². The molecule has 74 heavy (non-hydrogen) atoms. The van der Waals surface area contributed by atoms with Gasteiger partial charge in [0.15, 0.2) is 30.9 Å². The Morgan fingerprint density at radius 3 is 2.07 bits per heavy atom. The van der Waals surface area contributed by atoms with E-state index < -0.39 is 177 Å². The zero-order valence-corrected chi connectivity index (χ0v) is 43.0. The van der Waals surface area contributed by atoms with Crippen LogP contribution < -0.4 is 0 Å². The van der Waals surface area contributed by atoms with E-state index in [1.165, 1.54) is 5.57 Å². The molecule has 0 amide bonds. The van der Waals surface area contributed by atoms with E-state index in [9.17, 15) is 70.9 Å². The first-order valence-electron chi connectivity index (χ1n) is 26.4. The highest BCUT2D eigenvalue weighted by atomic mass is 16.8. The number of hydrogen-bond donors (Lipinski definition) is 12. The molecule has 5 heterocycles. The fourth-order valence-electron chi connectivity index (χ4n) is 15.1. The van der Waals surface area contributed by atoms with Gasteiger partial charge in [0, 0.05) is 23.7 Å². The molecule has 23 nitrogen and oxygen atoms in total. The molecule has 2 saturated carbocycles. The molecule has 1 spiro atoms. The lowest BCUT2D eigenvalue weighted by atomic mass is 9.42. The highest BCUT2D eigenvalue weighted by Crippen LogP contribution is 2.74. The molecule has 12 N–H and O–H groups in total. The highest BCUT2D eigenvalue weighted by molar-refractivity contribution is 5.94. The number of ketones is 2. The molecule has 0 radical (unpaired) electrons. The van der Waals surface area contributed by atoms with Gasteiger partial charge in [-0.05, 0) is 69.1 Å². The van der Waals surface area contributed by atoms with Gasteiger partial charge in [-0.3, -0.25) is 9.59 Å². The number of ether oxygens (including phenoxy) is 9. The second-order valence-electron chi connectivity index (χ2n) is 23.7. The lowest BCUT2D eigenvalue weighted by Gasteiger charge is -2.63. The van der Waals surface area contributed by atoms with Crippen LogP contribution in [0.3, 0.4) is 0 Å². The van der Waals surface area contributed by atoms with Gasteiger partial charge in [-0.2, -0.15) is 0 Å². The van der Waals surface area contributed by atoms with Crippen molar-refractivity contribution < 1.29 is 113 Å². The molecule has 0 bridgehead atoms. The van der Waals surface area contributed by atoms with Crippen LogP contribution in [-0.4, -0.2) is 234 Å². The summed E-state index contributed by atoms with van der Waals surface area (Å²) in [6.45, 7) is 8.60. The van der Waals surface area contributed by atoms with Crippen LogP contribution in [0.25, 0.3) is 0 Å². The number of carbonyl (C=O) groups excluding carboxylic acids is 2. The Hall–Kier alpha value is -1.76. The lowest BCUT2D eigenvalue weighted by molar-refractivity contribution is -0.378. The summed E-state index contributed by atoms with van der Waals surface area (Å²) >= 11 is 0. The van der Waals surface area contributed by atoms with Crippen molar-refractivity contribution in [2.45, 2.75) is 221 Å². The third-order valence-corrected chi connectivity index (χ3v) is 20.0. The number of aliphatic hydroxyl groups excluding tert-OH is 11. The van der Waals surface area contributed by atoms with Gasteiger partial charge in [0.1, 0.15) is 90.7 Å². The quantitative estimate of drug-likeness (QED) is 0.0791.